The summed E-state index contributed by atoms with van der Waals surface area (Å²) in [5.74, 6) is -0.991. The Balaban J connectivity index is 2.32. The molecule has 2 aromatic heterocycles. The first kappa shape index (κ1) is 10.1. The Hall–Kier alpha value is -1.47. The van der Waals surface area contributed by atoms with Gasteiger partial charge in [-0.1, -0.05) is 23.1 Å². The molecule has 0 saturated carbocycles. The van der Waals surface area contributed by atoms with Crippen LogP contribution in [0.15, 0.2) is 33.2 Å². The van der Waals surface area contributed by atoms with Gasteiger partial charge in [-0.15, -0.1) is 10.2 Å². The Morgan fingerprint density at radius 3 is 3.07 bits per heavy atom. The fourth-order valence-corrected chi connectivity index (χ4v) is 2.46. The lowest BCUT2D eigenvalue weighted by molar-refractivity contribution is 0.0692. The Morgan fingerprint density at radius 2 is 2.40 bits per heavy atom. The molecule has 2 heterocycles. The minimum absolute atomic E-state index is 0.178. The Bertz CT molecular complexity index is 472. The molecule has 2 rings (SSSR count). The quantitative estimate of drug-likeness (QED) is 0.879. The molecule has 1 N–H and O–H groups in total. The average molecular weight is 239 g/mol. The molecule has 0 unspecified atom stereocenters. The highest BCUT2D eigenvalue weighted by molar-refractivity contribution is 8.01. The van der Waals surface area contributed by atoms with Crippen LogP contribution >= 0.6 is 23.1 Å². The van der Waals surface area contributed by atoms with Gasteiger partial charge in [-0.2, -0.15) is 0 Å². The molecule has 0 fully saturated rings. The molecule has 0 aromatic carbocycles. The van der Waals surface area contributed by atoms with Crippen LogP contribution < -0.4 is 0 Å². The van der Waals surface area contributed by atoms with Crippen LogP contribution in [0.1, 0.15) is 10.4 Å². The van der Waals surface area contributed by atoms with Gasteiger partial charge in [-0.25, -0.2) is 4.79 Å². The molecule has 0 bridgehead atoms. The van der Waals surface area contributed by atoms with Gasteiger partial charge in [-0.3, -0.25) is 4.98 Å². The van der Waals surface area contributed by atoms with E-state index in [2.05, 4.69) is 15.2 Å². The number of pyridine rings is 1. The van der Waals surface area contributed by atoms with E-state index in [9.17, 15) is 4.79 Å². The van der Waals surface area contributed by atoms with Crippen molar-refractivity contribution >= 4 is 29.1 Å². The second-order valence-corrected chi connectivity index (χ2v) is 4.61. The first-order valence-corrected chi connectivity index (χ1v) is 5.58. The minimum atomic E-state index is -0.991. The van der Waals surface area contributed by atoms with Gasteiger partial charge in [0.1, 0.15) is 5.51 Å². The number of carboxylic acid groups (broad SMARTS) is 1. The van der Waals surface area contributed by atoms with Crippen LogP contribution in [-0.4, -0.2) is 26.3 Å². The second-order valence-electron chi connectivity index (χ2n) is 2.48. The molecule has 0 aliphatic carbocycles. The first-order valence-electron chi connectivity index (χ1n) is 3.88. The molecule has 0 atom stereocenters. The van der Waals surface area contributed by atoms with E-state index >= 15 is 0 Å². The van der Waals surface area contributed by atoms with Crippen molar-refractivity contribution in [2.45, 2.75) is 9.24 Å². The highest BCUT2D eigenvalue weighted by atomic mass is 32.2. The topological polar surface area (TPSA) is 76.0 Å². The molecule has 15 heavy (non-hydrogen) atoms. The third kappa shape index (κ3) is 2.31. The maximum absolute atomic E-state index is 10.9. The maximum Gasteiger partial charge on any atom is 0.338 e. The van der Waals surface area contributed by atoms with Gasteiger partial charge in [0.05, 0.1) is 5.56 Å². The van der Waals surface area contributed by atoms with Gasteiger partial charge < -0.3 is 5.11 Å². The van der Waals surface area contributed by atoms with Crippen molar-refractivity contribution in [2.75, 3.05) is 0 Å². The van der Waals surface area contributed by atoms with E-state index in [1.54, 1.807) is 17.8 Å². The summed E-state index contributed by atoms with van der Waals surface area (Å²) in [7, 11) is 0. The molecular formula is C8H5N3O2S2. The molecule has 76 valence electrons. The summed E-state index contributed by atoms with van der Waals surface area (Å²) in [6.07, 6.45) is 2.88. The summed E-state index contributed by atoms with van der Waals surface area (Å²) in [4.78, 5) is 15.3. The van der Waals surface area contributed by atoms with Gasteiger partial charge in [-0.05, 0) is 6.07 Å². The zero-order valence-corrected chi connectivity index (χ0v) is 8.96. The minimum Gasteiger partial charge on any atom is -0.478 e. The summed E-state index contributed by atoms with van der Waals surface area (Å²) in [5.41, 5.74) is 1.78. The summed E-state index contributed by atoms with van der Waals surface area (Å²) >= 11 is 2.64. The van der Waals surface area contributed by atoms with Crippen LogP contribution in [0.3, 0.4) is 0 Å². The fourth-order valence-electron chi connectivity index (χ4n) is 0.933. The molecule has 0 aliphatic rings. The lowest BCUT2D eigenvalue weighted by atomic mass is 10.3. The van der Waals surface area contributed by atoms with Gasteiger partial charge in [0.2, 0.25) is 0 Å². The predicted octanol–water partition coefficient (Wildman–Crippen LogP) is 1.78. The number of rotatable bonds is 3. The third-order valence-electron chi connectivity index (χ3n) is 1.55. The van der Waals surface area contributed by atoms with Crippen molar-refractivity contribution in [3.05, 3.63) is 29.5 Å². The molecule has 5 nitrogen and oxygen atoms in total. The van der Waals surface area contributed by atoms with Crippen molar-refractivity contribution in [1.29, 1.82) is 0 Å². The normalized spacial score (nSPS) is 10.1. The standard InChI is InChI=1S/C8H5N3O2S2/c12-7(13)5-3-9-2-1-6(5)15-8-11-10-4-14-8/h1-4H,(H,12,13). The Kier molecular flexibility index (Phi) is 2.93. The number of nitrogens with zero attached hydrogens (tertiary/aromatic N) is 3. The largest absolute Gasteiger partial charge is 0.478 e. The number of carboxylic acids is 1. The number of hydrogen-bond acceptors (Lipinski definition) is 6. The molecule has 7 heteroatoms. The lowest BCUT2D eigenvalue weighted by Gasteiger charge is -2.00. The van der Waals surface area contributed by atoms with Gasteiger partial charge in [0.25, 0.3) is 0 Å². The summed E-state index contributed by atoms with van der Waals surface area (Å²) in [6, 6.07) is 1.65. The Morgan fingerprint density at radius 1 is 1.53 bits per heavy atom. The van der Waals surface area contributed by atoms with Crippen LogP contribution in [0.2, 0.25) is 0 Å². The average Bonchev–Trinajstić information content (AvgIpc) is 2.71. The number of aromatic carboxylic acids is 1. The van der Waals surface area contributed by atoms with E-state index in [1.165, 1.54) is 29.3 Å². The highest BCUT2D eigenvalue weighted by Crippen LogP contribution is 2.30. The first-order chi connectivity index (χ1) is 7.27. The van der Waals surface area contributed by atoms with Crippen LogP contribution in [0, 0.1) is 0 Å². The van der Waals surface area contributed by atoms with E-state index < -0.39 is 5.97 Å². The van der Waals surface area contributed by atoms with Gasteiger partial charge >= 0.3 is 5.97 Å². The van der Waals surface area contributed by atoms with Gasteiger partial charge in [0, 0.05) is 17.3 Å². The fraction of sp³-hybridized carbons (Fsp3) is 0. The van der Waals surface area contributed by atoms with E-state index in [1.807, 2.05) is 0 Å². The number of hydrogen-bond donors (Lipinski definition) is 1. The Labute approximate surface area is 93.2 Å². The van der Waals surface area contributed by atoms with Crippen molar-refractivity contribution in [3.63, 3.8) is 0 Å². The van der Waals surface area contributed by atoms with Crippen molar-refractivity contribution in [2.24, 2.45) is 0 Å². The molecule has 0 radical (unpaired) electrons. The van der Waals surface area contributed by atoms with Gasteiger partial charge in [0.15, 0.2) is 4.34 Å². The van der Waals surface area contributed by atoms with E-state index in [0.717, 1.165) is 0 Å². The summed E-state index contributed by atoms with van der Waals surface area (Å²) in [6.45, 7) is 0. The summed E-state index contributed by atoms with van der Waals surface area (Å²) < 4.78 is 0.712. The molecular weight excluding hydrogens is 234 g/mol. The molecule has 0 saturated heterocycles. The third-order valence-corrected chi connectivity index (χ3v) is 3.40. The smallest absolute Gasteiger partial charge is 0.338 e. The lowest BCUT2D eigenvalue weighted by Crippen LogP contribution is -1.99. The molecule has 0 aliphatic heterocycles. The molecule has 0 amide bonds. The summed E-state index contributed by atoms with van der Waals surface area (Å²) in [5, 5.41) is 16.4. The van der Waals surface area contributed by atoms with E-state index in [-0.39, 0.29) is 5.56 Å². The highest BCUT2D eigenvalue weighted by Gasteiger charge is 2.11. The monoisotopic (exact) mass is 239 g/mol. The van der Waals surface area contributed by atoms with Crippen molar-refractivity contribution < 1.29 is 9.90 Å². The zero-order chi connectivity index (χ0) is 10.7. The SMILES string of the molecule is O=C(O)c1cnccc1Sc1nncs1. The number of carbonyl (C=O) groups is 1. The van der Waals surface area contributed by atoms with Crippen molar-refractivity contribution in [3.8, 4) is 0 Å². The van der Waals surface area contributed by atoms with Crippen LogP contribution in [0.5, 0.6) is 0 Å². The maximum atomic E-state index is 10.9. The van der Waals surface area contributed by atoms with E-state index in [0.29, 0.717) is 9.24 Å². The van der Waals surface area contributed by atoms with Crippen LogP contribution in [-0.2, 0) is 0 Å². The second kappa shape index (κ2) is 4.37. The van der Waals surface area contributed by atoms with Crippen molar-refractivity contribution in [1.82, 2.24) is 15.2 Å². The van der Waals surface area contributed by atoms with E-state index in [4.69, 9.17) is 5.11 Å². The molecule has 0 spiro atoms. The molecule has 2 aromatic rings. The van der Waals surface area contributed by atoms with Crippen LogP contribution in [0.4, 0.5) is 0 Å². The number of aromatic nitrogens is 3. The zero-order valence-electron chi connectivity index (χ0n) is 7.32. The van der Waals surface area contributed by atoms with Crippen LogP contribution in [0.25, 0.3) is 0 Å². The predicted molar refractivity (Wildman–Crippen MR) is 55.2 cm³/mol.